The van der Waals surface area contributed by atoms with Crippen molar-refractivity contribution in [2.24, 2.45) is 11.8 Å². The van der Waals surface area contributed by atoms with Crippen LogP contribution in [0.25, 0.3) is 0 Å². The topological polar surface area (TPSA) is 80.9 Å². The van der Waals surface area contributed by atoms with Crippen molar-refractivity contribution in [2.45, 2.75) is 73.8 Å². The number of hydrogen-bond donors (Lipinski definition) is 4. The first-order chi connectivity index (χ1) is 10.3. The van der Waals surface area contributed by atoms with Crippen LogP contribution in [-0.4, -0.2) is 42.8 Å². The molecule has 3 saturated carbocycles. The highest BCUT2D eigenvalue weighted by atomic mass is 16.4. The lowest BCUT2D eigenvalue weighted by Gasteiger charge is -2.64. The zero-order chi connectivity index (χ0) is 16.2. The summed E-state index contributed by atoms with van der Waals surface area (Å²) in [7, 11) is 0. The van der Waals surface area contributed by atoms with E-state index in [1.165, 1.54) is 12.2 Å². The van der Waals surface area contributed by atoms with E-state index in [2.05, 4.69) is 13.2 Å². The van der Waals surface area contributed by atoms with E-state index in [9.17, 15) is 20.4 Å². The van der Waals surface area contributed by atoms with Gasteiger partial charge in [-0.05, 0) is 51.4 Å². The van der Waals surface area contributed by atoms with E-state index >= 15 is 0 Å². The van der Waals surface area contributed by atoms with Crippen LogP contribution in [-0.2, 0) is 0 Å². The van der Waals surface area contributed by atoms with Crippen molar-refractivity contribution in [3.8, 4) is 0 Å². The molecule has 0 radical (unpaired) electrons. The van der Waals surface area contributed by atoms with E-state index < -0.39 is 34.2 Å². The fraction of sp³-hybridized carbons (Fsp3) is 0.778. The summed E-state index contributed by atoms with van der Waals surface area (Å²) in [6.07, 6.45) is 7.49. The van der Waals surface area contributed by atoms with Crippen LogP contribution in [0.15, 0.2) is 25.3 Å². The van der Waals surface area contributed by atoms with E-state index in [-0.39, 0.29) is 0 Å². The molecule has 0 spiro atoms. The molecule has 0 aromatic heterocycles. The summed E-state index contributed by atoms with van der Waals surface area (Å²) in [5.41, 5.74) is -5.04. The van der Waals surface area contributed by atoms with Gasteiger partial charge in [-0.15, -0.1) is 13.2 Å². The Kier molecular flexibility index (Phi) is 3.61. The van der Waals surface area contributed by atoms with Crippen LogP contribution in [0.2, 0.25) is 0 Å². The van der Waals surface area contributed by atoms with E-state index in [0.29, 0.717) is 51.4 Å². The molecule has 3 aliphatic carbocycles. The molecule has 0 saturated heterocycles. The van der Waals surface area contributed by atoms with Crippen molar-refractivity contribution in [2.75, 3.05) is 0 Å². The molecule has 4 N–H and O–H groups in total. The lowest BCUT2D eigenvalue weighted by atomic mass is 9.46. The lowest BCUT2D eigenvalue weighted by molar-refractivity contribution is -0.301. The summed E-state index contributed by atoms with van der Waals surface area (Å²) in [6, 6.07) is 0. The van der Waals surface area contributed by atoms with E-state index in [0.717, 1.165) is 0 Å². The fourth-order valence-electron chi connectivity index (χ4n) is 5.64. The largest absolute Gasteiger partial charge is 0.386 e. The molecule has 3 rings (SSSR count). The zero-order valence-corrected chi connectivity index (χ0v) is 13.2. The Morgan fingerprint density at radius 2 is 1.05 bits per heavy atom. The first-order valence-electron chi connectivity index (χ1n) is 8.42. The van der Waals surface area contributed by atoms with Crippen LogP contribution < -0.4 is 0 Å². The van der Waals surface area contributed by atoms with Gasteiger partial charge >= 0.3 is 0 Å². The molecule has 0 heterocycles. The van der Waals surface area contributed by atoms with Crippen LogP contribution >= 0.6 is 0 Å². The normalized spacial score (nSPS) is 54.9. The highest BCUT2D eigenvalue weighted by Gasteiger charge is 2.69. The highest BCUT2D eigenvalue weighted by molar-refractivity contribution is 5.25. The minimum absolute atomic E-state index is 0.431. The lowest BCUT2D eigenvalue weighted by Crippen LogP contribution is -2.74. The van der Waals surface area contributed by atoms with Crippen molar-refractivity contribution < 1.29 is 20.4 Å². The summed E-state index contributed by atoms with van der Waals surface area (Å²) < 4.78 is 0. The van der Waals surface area contributed by atoms with Crippen LogP contribution in [0.3, 0.4) is 0 Å². The van der Waals surface area contributed by atoms with Crippen LogP contribution in [0.5, 0.6) is 0 Å². The summed E-state index contributed by atoms with van der Waals surface area (Å²) in [6.45, 7) is 7.48. The second-order valence-corrected chi connectivity index (χ2v) is 7.63. The minimum Gasteiger partial charge on any atom is -0.386 e. The Hall–Kier alpha value is -0.680. The van der Waals surface area contributed by atoms with Gasteiger partial charge in [0.2, 0.25) is 0 Å². The molecule has 4 nitrogen and oxygen atoms in total. The molecule has 4 heteroatoms. The van der Waals surface area contributed by atoms with Gasteiger partial charge in [0.05, 0.1) is 22.4 Å². The Balaban J connectivity index is 2.07. The molecule has 124 valence electrons. The summed E-state index contributed by atoms with van der Waals surface area (Å²) >= 11 is 0. The van der Waals surface area contributed by atoms with Crippen molar-refractivity contribution in [3.63, 3.8) is 0 Å². The molecular weight excluding hydrogens is 280 g/mol. The third-order valence-electron chi connectivity index (χ3n) is 6.83. The molecule has 3 aliphatic rings. The van der Waals surface area contributed by atoms with Gasteiger partial charge < -0.3 is 20.4 Å². The van der Waals surface area contributed by atoms with Crippen molar-refractivity contribution in [1.82, 2.24) is 0 Å². The summed E-state index contributed by atoms with van der Waals surface area (Å²) in [5.74, 6) is -0.862. The molecule has 0 aromatic carbocycles. The Labute approximate surface area is 132 Å². The van der Waals surface area contributed by atoms with E-state index in [1.54, 1.807) is 0 Å². The second-order valence-electron chi connectivity index (χ2n) is 7.63. The Morgan fingerprint density at radius 1 is 0.682 bits per heavy atom. The fourth-order valence-corrected chi connectivity index (χ4v) is 5.64. The molecule has 22 heavy (non-hydrogen) atoms. The maximum Gasteiger partial charge on any atom is 0.0995 e. The number of hydrogen-bond acceptors (Lipinski definition) is 4. The zero-order valence-electron chi connectivity index (χ0n) is 13.2. The molecule has 0 aromatic rings. The van der Waals surface area contributed by atoms with Gasteiger partial charge in [-0.2, -0.15) is 0 Å². The van der Waals surface area contributed by atoms with Gasteiger partial charge in [0.15, 0.2) is 0 Å². The minimum atomic E-state index is -1.38. The van der Waals surface area contributed by atoms with Gasteiger partial charge in [-0.25, -0.2) is 0 Å². The predicted molar refractivity (Wildman–Crippen MR) is 84.1 cm³/mol. The molecule has 0 bridgehead atoms. The van der Waals surface area contributed by atoms with Crippen LogP contribution in [0.1, 0.15) is 51.4 Å². The number of rotatable bonds is 2. The Morgan fingerprint density at radius 3 is 1.36 bits per heavy atom. The molecule has 0 amide bonds. The van der Waals surface area contributed by atoms with Gasteiger partial charge in [-0.1, -0.05) is 12.2 Å². The van der Waals surface area contributed by atoms with Crippen LogP contribution in [0, 0.1) is 11.8 Å². The van der Waals surface area contributed by atoms with Gasteiger partial charge in [0, 0.05) is 11.8 Å². The van der Waals surface area contributed by atoms with Gasteiger partial charge in [-0.3, -0.25) is 0 Å². The molecular formula is C18H28O4. The van der Waals surface area contributed by atoms with Gasteiger partial charge in [0.25, 0.3) is 0 Å². The van der Waals surface area contributed by atoms with Crippen molar-refractivity contribution >= 4 is 0 Å². The number of aliphatic hydroxyl groups is 4. The predicted octanol–water partition coefficient (Wildman–Crippen LogP) is 1.68. The maximum absolute atomic E-state index is 11.4. The average molecular weight is 308 g/mol. The van der Waals surface area contributed by atoms with Gasteiger partial charge in [0.1, 0.15) is 0 Å². The summed E-state index contributed by atoms with van der Waals surface area (Å²) in [5, 5.41) is 44.6. The summed E-state index contributed by atoms with van der Waals surface area (Å²) in [4.78, 5) is 0. The number of fused-ring (bicyclic) bond motifs is 3. The van der Waals surface area contributed by atoms with Crippen LogP contribution in [0.4, 0.5) is 0 Å². The Bertz CT molecular complexity index is 447. The third kappa shape index (κ3) is 1.84. The molecule has 0 aliphatic heterocycles. The van der Waals surface area contributed by atoms with Crippen molar-refractivity contribution in [3.05, 3.63) is 25.3 Å². The second kappa shape index (κ2) is 4.91. The highest BCUT2D eigenvalue weighted by Crippen LogP contribution is 2.60. The SMILES string of the molecule is C=CC1(O)CCC[C@@]2(O)C1CCC1C(O)(C=C)CCC[C@]12O. The quantitative estimate of drug-likeness (QED) is 0.585. The average Bonchev–Trinajstić information content (AvgIpc) is 2.48. The third-order valence-corrected chi connectivity index (χ3v) is 6.83. The molecule has 4 unspecified atom stereocenters. The van der Waals surface area contributed by atoms with E-state index in [4.69, 9.17) is 0 Å². The smallest absolute Gasteiger partial charge is 0.0995 e. The van der Waals surface area contributed by atoms with E-state index in [1.807, 2.05) is 0 Å². The molecule has 3 fully saturated rings. The monoisotopic (exact) mass is 308 g/mol. The first kappa shape index (κ1) is 16.2. The standard InChI is InChI=1S/C18H28O4/c1-3-15(19)9-5-11-17(21)13(15)7-8-14-16(20,4-2)10-6-12-18(14,17)22/h3-4,13-14,19-22H,1-2,5-12H2/t13?,14?,15?,16?,17-,18+. The molecule has 6 atom stereocenters. The first-order valence-corrected chi connectivity index (χ1v) is 8.42. The van der Waals surface area contributed by atoms with Crippen molar-refractivity contribution in [1.29, 1.82) is 0 Å². The maximum atomic E-state index is 11.4.